The van der Waals surface area contributed by atoms with Crippen molar-refractivity contribution in [1.29, 1.82) is 0 Å². The highest BCUT2D eigenvalue weighted by Gasteiger charge is 2.01. The van der Waals surface area contributed by atoms with E-state index in [9.17, 15) is 8.78 Å². The third-order valence-electron chi connectivity index (χ3n) is 2.62. The molecular formula is C14H15F2NS. The Hall–Kier alpha value is -1.26. The smallest absolute Gasteiger partial charge is 0.126 e. The summed E-state index contributed by atoms with van der Waals surface area (Å²) >= 11 is 1.76. The molecule has 18 heavy (non-hydrogen) atoms. The molecule has 0 aliphatic carbocycles. The summed E-state index contributed by atoms with van der Waals surface area (Å²) in [5.74, 6) is -1.06. The van der Waals surface area contributed by atoms with Gasteiger partial charge in [0.05, 0.1) is 0 Å². The van der Waals surface area contributed by atoms with Gasteiger partial charge in [-0.3, -0.25) is 0 Å². The van der Waals surface area contributed by atoms with Crippen molar-refractivity contribution in [3.8, 4) is 0 Å². The van der Waals surface area contributed by atoms with E-state index in [1.54, 1.807) is 11.3 Å². The van der Waals surface area contributed by atoms with E-state index in [1.165, 1.54) is 21.9 Å². The second kappa shape index (κ2) is 6.07. The van der Waals surface area contributed by atoms with Crippen LogP contribution in [-0.2, 0) is 19.5 Å². The normalized spacial score (nSPS) is 10.8. The van der Waals surface area contributed by atoms with Crippen LogP contribution in [0.15, 0.2) is 30.3 Å². The molecule has 0 fully saturated rings. The molecule has 0 unspecified atom stereocenters. The first-order valence-corrected chi connectivity index (χ1v) is 6.72. The van der Waals surface area contributed by atoms with Crippen LogP contribution in [-0.4, -0.2) is 0 Å². The zero-order chi connectivity index (χ0) is 13.0. The molecule has 0 atom stereocenters. The fourth-order valence-electron chi connectivity index (χ4n) is 1.75. The maximum absolute atomic E-state index is 13.0. The van der Waals surface area contributed by atoms with E-state index in [4.69, 9.17) is 0 Å². The van der Waals surface area contributed by atoms with Crippen LogP contribution in [0.3, 0.4) is 0 Å². The molecule has 1 N–H and O–H groups in total. The van der Waals surface area contributed by atoms with Crippen molar-refractivity contribution in [1.82, 2.24) is 5.32 Å². The number of hydrogen-bond acceptors (Lipinski definition) is 2. The number of hydrogen-bond donors (Lipinski definition) is 1. The van der Waals surface area contributed by atoms with Crippen molar-refractivity contribution in [3.63, 3.8) is 0 Å². The van der Waals surface area contributed by atoms with Crippen LogP contribution >= 0.6 is 11.3 Å². The van der Waals surface area contributed by atoms with Gasteiger partial charge in [0.15, 0.2) is 0 Å². The second-order valence-electron chi connectivity index (χ2n) is 4.10. The van der Waals surface area contributed by atoms with E-state index in [2.05, 4.69) is 24.4 Å². The molecule has 2 rings (SSSR count). The van der Waals surface area contributed by atoms with Gasteiger partial charge in [0.1, 0.15) is 11.6 Å². The van der Waals surface area contributed by atoms with Gasteiger partial charge in [0, 0.05) is 28.9 Å². The van der Waals surface area contributed by atoms with E-state index < -0.39 is 11.6 Å². The van der Waals surface area contributed by atoms with Crippen LogP contribution in [0.4, 0.5) is 8.78 Å². The summed E-state index contributed by atoms with van der Waals surface area (Å²) in [7, 11) is 0. The van der Waals surface area contributed by atoms with E-state index in [0.29, 0.717) is 12.1 Å². The lowest BCUT2D eigenvalue weighted by Crippen LogP contribution is -2.12. The number of halogens is 2. The van der Waals surface area contributed by atoms with Crippen LogP contribution in [0.1, 0.15) is 22.2 Å². The topological polar surface area (TPSA) is 12.0 Å². The lowest BCUT2D eigenvalue weighted by Gasteiger charge is -2.04. The first-order chi connectivity index (χ1) is 8.67. The molecular weight excluding hydrogens is 252 g/mol. The van der Waals surface area contributed by atoms with Gasteiger partial charge in [0.2, 0.25) is 0 Å². The van der Waals surface area contributed by atoms with Crippen LogP contribution in [0.2, 0.25) is 0 Å². The zero-order valence-corrected chi connectivity index (χ0v) is 11.0. The molecule has 0 saturated carbocycles. The molecule has 1 aromatic heterocycles. The van der Waals surface area contributed by atoms with Crippen LogP contribution in [0, 0.1) is 11.6 Å². The van der Waals surface area contributed by atoms with Crippen molar-refractivity contribution < 1.29 is 8.78 Å². The Morgan fingerprint density at radius 1 is 1.00 bits per heavy atom. The minimum Gasteiger partial charge on any atom is -0.308 e. The number of rotatable bonds is 5. The average molecular weight is 267 g/mol. The lowest BCUT2D eigenvalue weighted by molar-refractivity contribution is 0.575. The van der Waals surface area contributed by atoms with Crippen LogP contribution in [0.5, 0.6) is 0 Å². The third kappa shape index (κ3) is 3.62. The van der Waals surface area contributed by atoms with Gasteiger partial charge in [-0.1, -0.05) is 6.92 Å². The van der Waals surface area contributed by atoms with E-state index in [1.807, 2.05) is 0 Å². The van der Waals surface area contributed by atoms with Gasteiger partial charge in [-0.25, -0.2) is 8.78 Å². The van der Waals surface area contributed by atoms with Crippen molar-refractivity contribution in [3.05, 3.63) is 57.3 Å². The summed E-state index contributed by atoms with van der Waals surface area (Å²) in [6, 6.07) is 7.78. The fourth-order valence-corrected chi connectivity index (χ4v) is 2.68. The number of aryl methyl sites for hydroxylation is 1. The summed E-state index contributed by atoms with van der Waals surface area (Å²) in [5, 5.41) is 3.19. The Kier molecular flexibility index (Phi) is 4.44. The number of thiophene rings is 1. The minimum atomic E-state index is -0.531. The SMILES string of the molecule is CCc1ccc(CNCc2cc(F)cc(F)c2)s1. The Bertz CT molecular complexity index is 502. The summed E-state index contributed by atoms with van der Waals surface area (Å²) in [6.07, 6.45) is 1.04. The largest absolute Gasteiger partial charge is 0.308 e. The summed E-state index contributed by atoms with van der Waals surface area (Å²) in [6.45, 7) is 3.31. The zero-order valence-electron chi connectivity index (χ0n) is 10.2. The fraction of sp³-hybridized carbons (Fsp3) is 0.286. The average Bonchev–Trinajstić information content (AvgIpc) is 2.76. The molecule has 96 valence electrons. The molecule has 0 aliphatic heterocycles. The van der Waals surface area contributed by atoms with Gasteiger partial charge < -0.3 is 5.32 Å². The molecule has 1 heterocycles. The quantitative estimate of drug-likeness (QED) is 0.867. The van der Waals surface area contributed by atoms with Crippen molar-refractivity contribution in [2.45, 2.75) is 26.4 Å². The third-order valence-corrected chi connectivity index (χ3v) is 3.85. The maximum atomic E-state index is 13.0. The molecule has 0 radical (unpaired) electrons. The Balaban J connectivity index is 1.88. The molecule has 0 spiro atoms. The predicted molar refractivity (Wildman–Crippen MR) is 70.6 cm³/mol. The summed E-state index contributed by atoms with van der Waals surface area (Å²) < 4.78 is 25.9. The van der Waals surface area contributed by atoms with Gasteiger partial charge in [-0.05, 0) is 36.2 Å². The summed E-state index contributed by atoms with van der Waals surface area (Å²) in [4.78, 5) is 2.59. The number of benzene rings is 1. The number of nitrogens with one attached hydrogen (secondary N) is 1. The van der Waals surface area contributed by atoms with Gasteiger partial charge >= 0.3 is 0 Å². The Morgan fingerprint density at radius 2 is 1.67 bits per heavy atom. The van der Waals surface area contributed by atoms with E-state index >= 15 is 0 Å². The minimum absolute atomic E-state index is 0.466. The van der Waals surface area contributed by atoms with E-state index in [0.717, 1.165) is 19.0 Å². The first-order valence-electron chi connectivity index (χ1n) is 5.90. The van der Waals surface area contributed by atoms with Crippen molar-refractivity contribution in [2.75, 3.05) is 0 Å². The summed E-state index contributed by atoms with van der Waals surface area (Å²) in [5.41, 5.74) is 0.625. The van der Waals surface area contributed by atoms with Crippen molar-refractivity contribution >= 4 is 11.3 Å². The highest BCUT2D eigenvalue weighted by molar-refractivity contribution is 7.11. The highest BCUT2D eigenvalue weighted by Crippen LogP contribution is 2.16. The lowest BCUT2D eigenvalue weighted by atomic mass is 10.2. The van der Waals surface area contributed by atoms with E-state index in [-0.39, 0.29) is 0 Å². The molecule has 0 amide bonds. The molecule has 4 heteroatoms. The van der Waals surface area contributed by atoms with Crippen LogP contribution in [0.25, 0.3) is 0 Å². The standard InChI is InChI=1S/C14H15F2NS/c1-2-13-3-4-14(18-13)9-17-8-10-5-11(15)7-12(16)6-10/h3-7,17H,2,8-9H2,1H3. The molecule has 0 bridgehead atoms. The first kappa shape index (κ1) is 13.2. The van der Waals surface area contributed by atoms with Crippen LogP contribution < -0.4 is 5.32 Å². The molecule has 2 aromatic rings. The monoisotopic (exact) mass is 267 g/mol. The molecule has 0 aliphatic rings. The Labute approximate surface area is 109 Å². The highest BCUT2D eigenvalue weighted by atomic mass is 32.1. The van der Waals surface area contributed by atoms with Gasteiger partial charge in [0.25, 0.3) is 0 Å². The van der Waals surface area contributed by atoms with Gasteiger partial charge in [-0.2, -0.15) is 0 Å². The molecule has 1 aromatic carbocycles. The van der Waals surface area contributed by atoms with Gasteiger partial charge in [-0.15, -0.1) is 11.3 Å². The molecule has 1 nitrogen and oxygen atoms in total. The van der Waals surface area contributed by atoms with Crippen molar-refractivity contribution in [2.24, 2.45) is 0 Å². The maximum Gasteiger partial charge on any atom is 0.126 e. The predicted octanol–water partition coefficient (Wildman–Crippen LogP) is 3.88. The Morgan fingerprint density at radius 3 is 2.28 bits per heavy atom. The second-order valence-corrected chi connectivity index (χ2v) is 5.36. The molecule has 0 saturated heterocycles.